The zero-order valence-corrected chi connectivity index (χ0v) is 10.7. The first kappa shape index (κ1) is 13.2. The van der Waals surface area contributed by atoms with E-state index in [0.717, 1.165) is 19.3 Å². The molecule has 3 heteroatoms. The summed E-state index contributed by atoms with van der Waals surface area (Å²) in [6.07, 6.45) is 2.58. The molecular weight excluding hydrogens is 204 g/mol. The summed E-state index contributed by atoms with van der Waals surface area (Å²) in [5.74, 6) is -0.323. The van der Waals surface area contributed by atoms with Crippen LogP contribution in [0.4, 0.5) is 0 Å². The molecule has 0 heterocycles. The largest absolute Gasteiger partial charge is 0.466 e. The zero-order chi connectivity index (χ0) is 12.3. The van der Waals surface area contributed by atoms with Crippen molar-refractivity contribution in [3.63, 3.8) is 0 Å². The Labute approximate surface area is 97.5 Å². The molecule has 1 rings (SSSR count). The van der Waals surface area contributed by atoms with Crippen molar-refractivity contribution < 1.29 is 14.3 Å². The Hall–Kier alpha value is -0.860. The Kier molecular flexibility index (Phi) is 4.11. The van der Waals surface area contributed by atoms with Gasteiger partial charge in [0.2, 0.25) is 0 Å². The first-order valence-corrected chi connectivity index (χ1v) is 6.09. The van der Waals surface area contributed by atoms with E-state index in [4.69, 9.17) is 4.74 Å². The fraction of sp³-hybridized carbons (Fsp3) is 0.846. The number of hydrogen-bond donors (Lipinski definition) is 0. The van der Waals surface area contributed by atoms with E-state index in [9.17, 15) is 9.59 Å². The molecule has 92 valence electrons. The average Bonchev–Trinajstić information content (AvgIpc) is 2.63. The summed E-state index contributed by atoms with van der Waals surface area (Å²) in [5, 5.41) is 0. The number of ether oxygens (including phenoxy) is 1. The summed E-state index contributed by atoms with van der Waals surface area (Å²) in [7, 11) is 0. The minimum absolute atomic E-state index is 0.126. The highest BCUT2D eigenvalue weighted by molar-refractivity contribution is 5.90. The lowest BCUT2D eigenvalue weighted by Crippen LogP contribution is -2.34. The zero-order valence-electron chi connectivity index (χ0n) is 10.7. The number of carbonyl (C=O) groups is 2. The van der Waals surface area contributed by atoms with E-state index in [1.54, 1.807) is 6.92 Å². The van der Waals surface area contributed by atoms with Crippen molar-refractivity contribution >= 4 is 11.8 Å². The third kappa shape index (κ3) is 2.83. The molecule has 16 heavy (non-hydrogen) atoms. The highest BCUT2D eigenvalue weighted by Crippen LogP contribution is 2.37. The summed E-state index contributed by atoms with van der Waals surface area (Å²) >= 11 is 0. The number of carbonyl (C=O) groups excluding carboxylic acids is 2. The fourth-order valence-electron chi connectivity index (χ4n) is 2.36. The number of ketones is 1. The molecule has 1 fully saturated rings. The number of Topliss-reactive ketones (excluding diaryl/α,β-unsaturated/α-hetero) is 1. The van der Waals surface area contributed by atoms with Crippen LogP contribution < -0.4 is 0 Å². The highest BCUT2D eigenvalue weighted by atomic mass is 16.5. The summed E-state index contributed by atoms with van der Waals surface area (Å²) in [4.78, 5) is 23.9. The van der Waals surface area contributed by atoms with Crippen LogP contribution in [-0.4, -0.2) is 18.4 Å². The van der Waals surface area contributed by atoms with Gasteiger partial charge >= 0.3 is 5.97 Å². The first-order chi connectivity index (χ1) is 7.38. The quantitative estimate of drug-likeness (QED) is 0.695. The molecule has 0 aliphatic heterocycles. The van der Waals surface area contributed by atoms with Crippen molar-refractivity contribution in [2.24, 2.45) is 17.3 Å². The maximum Gasteiger partial charge on any atom is 0.309 e. The van der Waals surface area contributed by atoms with Gasteiger partial charge in [0.25, 0.3) is 0 Å². The Morgan fingerprint density at radius 2 is 1.75 bits per heavy atom. The number of hydrogen-bond acceptors (Lipinski definition) is 3. The Morgan fingerprint density at radius 1 is 1.19 bits per heavy atom. The van der Waals surface area contributed by atoms with Crippen LogP contribution in [-0.2, 0) is 14.3 Å². The van der Waals surface area contributed by atoms with Gasteiger partial charge in [0.05, 0.1) is 12.5 Å². The SMILES string of the molecule is CCOC(=O)[C@@H]1CCC[C@@H]1C(=O)C(C)(C)C. The van der Waals surface area contributed by atoms with Crippen LogP contribution in [0.2, 0.25) is 0 Å². The summed E-state index contributed by atoms with van der Waals surface area (Å²) in [5.41, 5.74) is -0.361. The number of rotatable bonds is 3. The van der Waals surface area contributed by atoms with Crippen molar-refractivity contribution in [2.45, 2.75) is 47.0 Å². The molecule has 0 spiro atoms. The van der Waals surface area contributed by atoms with E-state index in [1.807, 2.05) is 20.8 Å². The van der Waals surface area contributed by atoms with Gasteiger partial charge in [0.15, 0.2) is 0 Å². The molecule has 0 aromatic heterocycles. The standard InChI is InChI=1S/C13H22O3/c1-5-16-12(15)10-8-6-7-9(10)11(14)13(2,3)4/h9-10H,5-8H2,1-4H3/t9-,10+/m0/s1. The van der Waals surface area contributed by atoms with Crippen LogP contribution in [0.25, 0.3) is 0 Å². The van der Waals surface area contributed by atoms with Crippen molar-refractivity contribution in [1.29, 1.82) is 0 Å². The second kappa shape index (κ2) is 4.98. The van der Waals surface area contributed by atoms with Gasteiger partial charge in [-0.1, -0.05) is 27.2 Å². The second-order valence-electron chi connectivity index (χ2n) is 5.51. The highest BCUT2D eigenvalue weighted by Gasteiger charge is 2.42. The van der Waals surface area contributed by atoms with Crippen LogP contribution in [0.3, 0.4) is 0 Å². The lowest BCUT2D eigenvalue weighted by molar-refractivity contribution is -0.152. The molecule has 0 bridgehead atoms. The van der Waals surface area contributed by atoms with Crippen LogP contribution in [0.15, 0.2) is 0 Å². The van der Waals surface area contributed by atoms with Gasteiger partial charge in [-0.25, -0.2) is 0 Å². The molecule has 1 saturated carbocycles. The van der Waals surface area contributed by atoms with Crippen molar-refractivity contribution in [2.75, 3.05) is 6.61 Å². The number of esters is 1. The first-order valence-electron chi connectivity index (χ1n) is 6.09. The molecule has 0 amide bonds. The van der Waals surface area contributed by atoms with Gasteiger partial charge in [-0.3, -0.25) is 9.59 Å². The predicted octanol–water partition coefficient (Wildman–Crippen LogP) is 2.58. The van der Waals surface area contributed by atoms with Gasteiger partial charge in [0.1, 0.15) is 5.78 Å². The van der Waals surface area contributed by atoms with Crippen molar-refractivity contribution in [1.82, 2.24) is 0 Å². The predicted molar refractivity (Wildman–Crippen MR) is 61.9 cm³/mol. The molecule has 0 saturated heterocycles. The van der Waals surface area contributed by atoms with Crippen LogP contribution in [0, 0.1) is 17.3 Å². The minimum Gasteiger partial charge on any atom is -0.466 e. The maximum absolute atomic E-state index is 12.2. The minimum atomic E-state index is -0.361. The third-order valence-electron chi connectivity index (χ3n) is 3.18. The van der Waals surface area contributed by atoms with Gasteiger partial charge in [-0.15, -0.1) is 0 Å². The van der Waals surface area contributed by atoms with Crippen LogP contribution >= 0.6 is 0 Å². The molecule has 1 aliphatic rings. The normalized spacial score (nSPS) is 25.5. The average molecular weight is 226 g/mol. The van der Waals surface area contributed by atoms with Crippen LogP contribution in [0.1, 0.15) is 47.0 Å². The molecule has 0 aromatic rings. The molecule has 0 unspecified atom stereocenters. The van der Waals surface area contributed by atoms with Gasteiger partial charge in [0, 0.05) is 11.3 Å². The molecule has 0 radical (unpaired) electrons. The van der Waals surface area contributed by atoms with E-state index >= 15 is 0 Å². The van der Waals surface area contributed by atoms with Crippen molar-refractivity contribution in [3.8, 4) is 0 Å². The van der Waals surface area contributed by atoms with Gasteiger partial charge < -0.3 is 4.74 Å². The Bertz CT molecular complexity index is 275. The van der Waals surface area contributed by atoms with Crippen LogP contribution in [0.5, 0.6) is 0 Å². The molecule has 3 nitrogen and oxygen atoms in total. The summed E-state index contributed by atoms with van der Waals surface area (Å²) in [6, 6.07) is 0. The van der Waals surface area contributed by atoms with E-state index in [-0.39, 0.29) is 29.0 Å². The molecule has 2 atom stereocenters. The smallest absolute Gasteiger partial charge is 0.309 e. The van der Waals surface area contributed by atoms with Gasteiger partial charge in [-0.05, 0) is 19.8 Å². The van der Waals surface area contributed by atoms with E-state index in [1.165, 1.54) is 0 Å². The fourth-order valence-corrected chi connectivity index (χ4v) is 2.36. The molecule has 0 N–H and O–H groups in total. The summed E-state index contributed by atoms with van der Waals surface area (Å²) in [6.45, 7) is 7.93. The monoisotopic (exact) mass is 226 g/mol. The van der Waals surface area contributed by atoms with Crippen molar-refractivity contribution in [3.05, 3.63) is 0 Å². The topological polar surface area (TPSA) is 43.4 Å². The van der Waals surface area contributed by atoms with E-state index < -0.39 is 0 Å². The third-order valence-corrected chi connectivity index (χ3v) is 3.18. The van der Waals surface area contributed by atoms with E-state index in [0.29, 0.717) is 6.61 Å². The van der Waals surface area contributed by atoms with Gasteiger partial charge in [-0.2, -0.15) is 0 Å². The lowest BCUT2D eigenvalue weighted by atomic mass is 9.78. The Morgan fingerprint density at radius 3 is 2.25 bits per heavy atom. The second-order valence-corrected chi connectivity index (χ2v) is 5.51. The molecule has 1 aliphatic carbocycles. The molecule has 0 aromatic carbocycles. The molecular formula is C13H22O3. The summed E-state index contributed by atoms with van der Waals surface area (Å²) < 4.78 is 5.03. The lowest BCUT2D eigenvalue weighted by Gasteiger charge is -2.24. The maximum atomic E-state index is 12.2. The van der Waals surface area contributed by atoms with E-state index in [2.05, 4.69) is 0 Å². The Balaban J connectivity index is 2.73.